The molecule has 3 aromatic rings. The number of nitrogens with one attached hydrogen (secondary N) is 1. The minimum Gasteiger partial charge on any atom is -0.368 e. The van der Waals surface area contributed by atoms with E-state index in [2.05, 4.69) is 43.0 Å². The highest BCUT2D eigenvalue weighted by Gasteiger charge is 2.21. The molecule has 118 valence electrons. The molecular weight excluding hydrogens is 312 g/mol. The van der Waals surface area contributed by atoms with Gasteiger partial charge in [-0.1, -0.05) is 17.7 Å². The molecule has 4 rings (SSSR count). The van der Waals surface area contributed by atoms with Gasteiger partial charge in [0.25, 0.3) is 0 Å². The van der Waals surface area contributed by atoms with Crippen molar-refractivity contribution in [3.05, 3.63) is 41.3 Å². The summed E-state index contributed by atoms with van der Waals surface area (Å²) in [5.41, 5.74) is 3.25. The molecule has 23 heavy (non-hydrogen) atoms. The molecule has 1 N–H and O–H groups in total. The molecule has 1 aromatic carbocycles. The second kappa shape index (κ2) is 5.70. The quantitative estimate of drug-likeness (QED) is 0.783. The SMILES string of the molecule is Cc1ccc(Cl)cc1N1CCN(c2ncnc3[nH]ncc23)CC1. The van der Waals surface area contributed by atoms with Crippen LogP contribution in [0.2, 0.25) is 5.02 Å². The molecule has 0 atom stereocenters. The van der Waals surface area contributed by atoms with Crippen LogP contribution in [0.3, 0.4) is 0 Å². The fraction of sp³-hybridized carbons (Fsp3) is 0.312. The lowest BCUT2D eigenvalue weighted by Crippen LogP contribution is -2.47. The molecule has 0 unspecified atom stereocenters. The number of hydrogen-bond donors (Lipinski definition) is 1. The van der Waals surface area contributed by atoms with Gasteiger partial charge in [-0.05, 0) is 24.6 Å². The van der Waals surface area contributed by atoms with Crippen LogP contribution in [0.15, 0.2) is 30.7 Å². The Balaban J connectivity index is 1.55. The second-order valence-electron chi connectivity index (χ2n) is 5.73. The first-order valence-electron chi connectivity index (χ1n) is 7.62. The summed E-state index contributed by atoms with van der Waals surface area (Å²) in [5, 5.41) is 8.71. The van der Waals surface area contributed by atoms with Gasteiger partial charge in [0.2, 0.25) is 0 Å². The lowest BCUT2D eigenvalue weighted by Gasteiger charge is -2.37. The van der Waals surface area contributed by atoms with Crippen molar-refractivity contribution >= 4 is 34.1 Å². The lowest BCUT2D eigenvalue weighted by molar-refractivity contribution is 0.648. The Morgan fingerprint density at radius 2 is 1.87 bits per heavy atom. The van der Waals surface area contributed by atoms with Gasteiger partial charge in [0.05, 0.1) is 11.6 Å². The fourth-order valence-electron chi connectivity index (χ4n) is 3.09. The zero-order chi connectivity index (χ0) is 15.8. The summed E-state index contributed by atoms with van der Waals surface area (Å²) >= 11 is 6.15. The van der Waals surface area contributed by atoms with E-state index in [1.54, 1.807) is 12.5 Å². The van der Waals surface area contributed by atoms with Crippen LogP contribution >= 0.6 is 11.6 Å². The van der Waals surface area contributed by atoms with E-state index in [-0.39, 0.29) is 0 Å². The molecule has 0 saturated carbocycles. The molecule has 0 spiro atoms. The second-order valence-corrected chi connectivity index (χ2v) is 6.17. The molecule has 0 aliphatic carbocycles. The van der Waals surface area contributed by atoms with Gasteiger partial charge in [0, 0.05) is 36.9 Å². The van der Waals surface area contributed by atoms with E-state index in [1.165, 1.54) is 11.3 Å². The van der Waals surface area contributed by atoms with Crippen molar-refractivity contribution in [1.29, 1.82) is 0 Å². The van der Waals surface area contributed by atoms with Crippen molar-refractivity contribution in [2.45, 2.75) is 6.92 Å². The van der Waals surface area contributed by atoms with Gasteiger partial charge < -0.3 is 9.80 Å². The number of hydrogen-bond acceptors (Lipinski definition) is 5. The number of fused-ring (bicyclic) bond motifs is 1. The number of aryl methyl sites for hydroxylation is 1. The van der Waals surface area contributed by atoms with Gasteiger partial charge in [-0.2, -0.15) is 5.10 Å². The van der Waals surface area contributed by atoms with Crippen molar-refractivity contribution in [3.8, 4) is 0 Å². The molecule has 0 amide bonds. The maximum Gasteiger partial charge on any atom is 0.160 e. The summed E-state index contributed by atoms with van der Waals surface area (Å²) in [4.78, 5) is 13.3. The number of rotatable bonds is 2. The van der Waals surface area contributed by atoms with E-state index < -0.39 is 0 Å². The van der Waals surface area contributed by atoms with Gasteiger partial charge in [-0.15, -0.1) is 0 Å². The van der Waals surface area contributed by atoms with Crippen molar-refractivity contribution in [2.75, 3.05) is 36.0 Å². The summed E-state index contributed by atoms with van der Waals surface area (Å²) in [7, 11) is 0. The number of nitrogens with zero attached hydrogens (tertiary/aromatic N) is 5. The van der Waals surface area contributed by atoms with Gasteiger partial charge in [-0.25, -0.2) is 9.97 Å². The Morgan fingerprint density at radius 1 is 1.09 bits per heavy atom. The third-order valence-corrected chi connectivity index (χ3v) is 4.55. The zero-order valence-corrected chi connectivity index (χ0v) is 13.6. The van der Waals surface area contributed by atoms with Crippen molar-refractivity contribution in [1.82, 2.24) is 20.2 Å². The minimum atomic E-state index is 0.781. The summed E-state index contributed by atoms with van der Waals surface area (Å²) in [6.45, 7) is 5.80. The standard InChI is InChI=1S/C16H17ClN6/c1-11-2-3-12(17)8-14(11)22-4-6-23(7-5-22)16-13-9-20-21-15(13)18-10-19-16/h2-3,8-10H,4-7H2,1H3,(H,18,19,20,21). The molecule has 0 bridgehead atoms. The molecule has 2 aromatic heterocycles. The van der Waals surface area contributed by atoms with Gasteiger partial charge >= 0.3 is 0 Å². The fourth-order valence-corrected chi connectivity index (χ4v) is 3.25. The molecule has 1 fully saturated rings. The smallest absolute Gasteiger partial charge is 0.160 e. The summed E-state index contributed by atoms with van der Waals surface area (Å²) in [5.74, 6) is 0.950. The predicted molar refractivity (Wildman–Crippen MR) is 92.3 cm³/mol. The van der Waals surface area contributed by atoms with Crippen LogP contribution in [0.5, 0.6) is 0 Å². The highest BCUT2D eigenvalue weighted by atomic mass is 35.5. The molecule has 1 saturated heterocycles. The molecule has 7 heteroatoms. The monoisotopic (exact) mass is 328 g/mol. The first kappa shape index (κ1) is 14.3. The molecule has 1 aliphatic rings. The van der Waals surface area contributed by atoms with Crippen LogP contribution in [0, 0.1) is 6.92 Å². The first-order valence-corrected chi connectivity index (χ1v) is 8.00. The normalized spacial score (nSPS) is 15.4. The Labute approximate surface area is 139 Å². The Kier molecular flexibility index (Phi) is 3.53. The van der Waals surface area contributed by atoms with Crippen molar-refractivity contribution in [2.24, 2.45) is 0 Å². The largest absolute Gasteiger partial charge is 0.368 e. The average molecular weight is 329 g/mol. The molecular formula is C16H17ClN6. The summed E-state index contributed by atoms with van der Waals surface area (Å²) in [6.07, 6.45) is 3.38. The van der Waals surface area contributed by atoms with E-state index in [4.69, 9.17) is 11.6 Å². The molecule has 3 heterocycles. The summed E-state index contributed by atoms with van der Waals surface area (Å²) < 4.78 is 0. The van der Waals surface area contributed by atoms with Crippen LogP contribution in [0.4, 0.5) is 11.5 Å². The molecule has 0 radical (unpaired) electrons. The van der Waals surface area contributed by atoms with Crippen LogP contribution in [-0.4, -0.2) is 46.3 Å². The number of halogens is 1. The van der Waals surface area contributed by atoms with Gasteiger partial charge in [0.1, 0.15) is 12.1 Å². The Morgan fingerprint density at radius 3 is 2.70 bits per heavy atom. The van der Waals surface area contributed by atoms with E-state index in [0.29, 0.717) is 0 Å². The van der Waals surface area contributed by atoms with Crippen molar-refractivity contribution < 1.29 is 0 Å². The summed E-state index contributed by atoms with van der Waals surface area (Å²) in [6, 6.07) is 6.06. The number of aromatic nitrogens is 4. The third kappa shape index (κ3) is 2.59. The van der Waals surface area contributed by atoms with Gasteiger partial charge in [-0.3, -0.25) is 5.10 Å². The predicted octanol–water partition coefficient (Wildman–Crippen LogP) is 2.64. The molecule has 1 aliphatic heterocycles. The first-order chi connectivity index (χ1) is 11.2. The highest BCUT2D eigenvalue weighted by Crippen LogP contribution is 2.27. The van der Waals surface area contributed by atoms with Crippen molar-refractivity contribution in [3.63, 3.8) is 0 Å². The maximum absolute atomic E-state index is 6.15. The van der Waals surface area contributed by atoms with E-state index >= 15 is 0 Å². The van der Waals surface area contributed by atoms with Crippen LogP contribution in [0.25, 0.3) is 11.0 Å². The van der Waals surface area contributed by atoms with Crippen LogP contribution in [0.1, 0.15) is 5.56 Å². The highest BCUT2D eigenvalue weighted by molar-refractivity contribution is 6.30. The molecule has 6 nitrogen and oxygen atoms in total. The number of anilines is 2. The maximum atomic E-state index is 6.15. The van der Waals surface area contributed by atoms with Crippen LogP contribution in [-0.2, 0) is 0 Å². The topological polar surface area (TPSA) is 60.9 Å². The van der Waals surface area contributed by atoms with E-state index in [9.17, 15) is 0 Å². The average Bonchev–Trinajstić information content (AvgIpc) is 3.06. The van der Waals surface area contributed by atoms with Crippen LogP contribution < -0.4 is 9.80 Å². The lowest BCUT2D eigenvalue weighted by atomic mass is 10.1. The van der Waals surface area contributed by atoms with E-state index in [1.807, 2.05) is 12.1 Å². The third-order valence-electron chi connectivity index (χ3n) is 4.32. The minimum absolute atomic E-state index is 0.781. The zero-order valence-electron chi connectivity index (χ0n) is 12.8. The Bertz CT molecular complexity index is 837. The Hall–Kier alpha value is -2.34. The number of benzene rings is 1. The van der Waals surface area contributed by atoms with Gasteiger partial charge in [0.15, 0.2) is 5.65 Å². The number of aromatic amines is 1. The number of piperazine rings is 1. The number of H-pyrrole nitrogens is 1. The van der Waals surface area contributed by atoms with E-state index in [0.717, 1.165) is 48.1 Å².